The van der Waals surface area contributed by atoms with Crippen molar-refractivity contribution in [1.82, 2.24) is 16.0 Å². The third-order valence-electron chi connectivity index (χ3n) is 1.33. The summed E-state index contributed by atoms with van der Waals surface area (Å²) in [6.07, 6.45) is 1.05. The van der Waals surface area contributed by atoms with Gasteiger partial charge in [0.05, 0.1) is 0 Å². The summed E-state index contributed by atoms with van der Waals surface area (Å²) in [5.74, 6) is 0.390. The molecule has 0 aromatic rings. The van der Waals surface area contributed by atoms with Crippen LogP contribution in [0.2, 0.25) is 0 Å². The van der Waals surface area contributed by atoms with E-state index in [-0.39, 0.29) is 0 Å². The minimum absolute atomic E-state index is 0.390. The van der Waals surface area contributed by atoms with E-state index in [0.717, 1.165) is 26.1 Å². The van der Waals surface area contributed by atoms with Gasteiger partial charge in [-0.2, -0.15) is 0 Å². The first-order valence-corrected chi connectivity index (χ1v) is 4.02. The molecule has 0 amide bonds. The van der Waals surface area contributed by atoms with Crippen LogP contribution in [-0.2, 0) is 0 Å². The molecule has 0 heterocycles. The molecule has 4 N–H and O–H groups in total. The molecule has 0 saturated heterocycles. The molecule has 0 aliphatic rings. The molecular formula is C7H18N4. The molecule has 0 aromatic carbocycles. The van der Waals surface area contributed by atoms with Gasteiger partial charge in [-0.25, -0.2) is 0 Å². The van der Waals surface area contributed by atoms with Gasteiger partial charge in [-0.3, -0.25) is 5.41 Å². The van der Waals surface area contributed by atoms with E-state index in [9.17, 15) is 0 Å². The molecule has 66 valence electrons. The highest BCUT2D eigenvalue weighted by Gasteiger charge is 1.88. The topological polar surface area (TPSA) is 59.9 Å². The fourth-order valence-electron chi connectivity index (χ4n) is 0.692. The van der Waals surface area contributed by atoms with Crippen molar-refractivity contribution >= 4 is 5.96 Å². The first kappa shape index (κ1) is 10.2. The Morgan fingerprint density at radius 2 is 2.09 bits per heavy atom. The summed E-state index contributed by atoms with van der Waals surface area (Å²) >= 11 is 0. The second kappa shape index (κ2) is 7.34. The van der Waals surface area contributed by atoms with E-state index in [1.807, 2.05) is 0 Å². The first-order chi connectivity index (χ1) is 5.31. The molecule has 0 spiro atoms. The molecule has 0 radical (unpaired) electrons. The monoisotopic (exact) mass is 158 g/mol. The fraction of sp³-hybridized carbons (Fsp3) is 0.857. The Bertz CT molecular complexity index is 103. The lowest BCUT2D eigenvalue weighted by Gasteiger charge is -2.06. The first-order valence-electron chi connectivity index (χ1n) is 4.02. The minimum Gasteiger partial charge on any atom is -0.360 e. The zero-order chi connectivity index (χ0) is 8.53. The molecule has 0 bridgehead atoms. The Labute approximate surface area is 68.3 Å². The van der Waals surface area contributed by atoms with E-state index in [1.165, 1.54) is 0 Å². The average molecular weight is 158 g/mol. The zero-order valence-electron chi connectivity index (χ0n) is 7.33. The standard InChI is InChI=1S/C7H18N4/c1-3-10-5-4-6-11-7(8)9-2/h10H,3-6H2,1-2H3,(H3,8,9,11). The van der Waals surface area contributed by atoms with Crippen molar-refractivity contribution in [2.24, 2.45) is 0 Å². The van der Waals surface area contributed by atoms with Crippen LogP contribution in [-0.4, -0.2) is 32.6 Å². The van der Waals surface area contributed by atoms with Gasteiger partial charge in [0.1, 0.15) is 0 Å². The van der Waals surface area contributed by atoms with Crippen molar-refractivity contribution in [3.05, 3.63) is 0 Å². The van der Waals surface area contributed by atoms with Crippen LogP contribution >= 0.6 is 0 Å². The van der Waals surface area contributed by atoms with Crippen LogP contribution in [0.1, 0.15) is 13.3 Å². The van der Waals surface area contributed by atoms with Gasteiger partial charge in [0.15, 0.2) is 5.96 Å². The van der Waals surface area contributed by atoms with E-state index in [1.54, 1.807) is 7.05 Å². The van der Waals surface area contributed by atoms with Crippen LogP contribution in [0.4, 0.5) is 0 Å². The largest absolute Gasteiger partial charge is 0.360 e. The van der Waals surface area contributed by atoms with Crippen molar-refractivity contribution in [3.8, 4) is 0 Å². The maximum Gasteiger partial charge on any atom is 0.188 e. The zero-order valence-corrected chi connectivity index (χ0v) is 7.33. The van der Waals surface area contributed by atoms with Crippen LogP contribution in [0.5, 0.6) is 0 Å². The van der Waals surface area contributed by atoms with Gasteiger partial charge in [0.25, 0.3) is 0 Å². The Morgan fingerprint density at radius 3 is 2.64 bits per heavy atom. The van der Waals surface area contributed by atoms with Crippen LogP contribution < -0.4 is 16.0 Å². The predicted octanol–water partition coefficient (Wildman–Crippen LogP) is -0.270. The molecule has 11 heavy (non-hydrogen) atoms. The number of guanidine groups is 1. The second-order valence-electron chi connectivity index (χ2n) is 2.26. The maximum absolute atomic E-state index is 7.18. The highest BCUT2D eigenvalue weighted by atomic mass is 15.1. The average Bonchev–Trinajstić information content (AvgIpc) is 2.04. The lowest BCUT2D eigenvalue weighted by Crippen LogP contribution is -2.35. The fourth-order valence-corrected chi connectivity index (χ4v) is 0.692. The van der Waals surface area contributed by atoms with Gasteiger partial charge in [-0.05, 0) is 19.5 Å². The molecular weight excluding hydrogens is 140 g/mol. The summed E-state index contributed by atoms with van der Waals surface area (Å²) in [4.78, 5) is 0. The molecule has 0 rings (SSSR count). The summed E-state index contributed by atoms with van der Waals surface area (Å²) < 4.78 is 0. The van der Waals surface area contributed by atoms with E-state index in [4.69, 9.17) is 5.41 Å². The lowest BCUT2D eigenvalue weighted by molar-refractivity contribution is 0.656. The normalized spacial score (nSPS) is 9.27. The van der Waals surface area contributed by atoms with Crippen molar-refractivity contribution in [2.75, 3.05) is 26.7 Å². The van der Waals surface area contributed by atoms with Crippen LogP contribution in [0.25, 0.3) is 0 Å². The predicted molar refractivity (Wildman–Crippen MR) is 47.9 cm³/mol. The highest BCUT2D eigenvalue weighted by molar-refractivity contribution is 5.75. The number of nitrogens with one attached hydrogen (secondary N) is 4. The molecule has 4 heteroatoms. The van der Waals surface area contributed by atoms with Crippen molar-refractivity contribution in [1.29, 1.82) is 5.41 Å². The lowest BCUT2D eigenvalue weighted by atomic mass is 10.4. The van der Waals surface area contributed by atoms with E-state index in [0.29, 0.717) is 5.96 Å². The smallest absolute Gasteiger partial charge is 0.188 e. The van der Waals surface area contributed by atoms with Crippen LogP contribution in [0.3, 0.4) is 0 Å². The minimum atomic E-state index is 0.390. The van der Waals surface area contributed by atoms with E-state index in [2.05, 4.69) is 22.9 Å². The third-order valence-corrected chi connectivity index (χ3v) is 1.33. The second-order valence-corrected chi connectivity index (χ2v) is 2.26. The number of rotatable bonds is 5. The van der Waals surface area contributed by atoms with Gasteiger partial charge in [0.2, 0.25) is 0 Å². The molecule has 0 fully saturated rings. The summed E-state index contributed by atoms with van der Waals surface area (Å²) in [6, 6.07) is 0. The van der Waals surface area contributed by atoms with Gasteiger partial charge < -0.3 is 16.0 Å². The van der Waals surface area contributed by atoms with Gasteiger partial charge >= 0.3 is 0 Å². The molecule has 0 aliphatic heterocycles. The summed E-state index contributed by atoms with van der Waals surface area (Å²) in [5, 5.41) is 16.0. The van der Waals surface area contributed by atoms with Gasteiger partial charge in [-0.15, -0.1) is 0 Å². The Balaban J connectivity index is 2.95. The summed E-state index contributed by atoms with van der Waals surface area (Å²) in [6.45, 7) is 4.97. The molecule has 0 atom stereocenters. The molecule has 0 unspecified atom stereocenters. The summed E-state index contributed by atoms with van der Waals surface area (Å²) in [7, 11) is 1.74. The SMILES string of the molecule is CCNCCCNC(=N)NC. The number of hydrogen-bond acceptors (Lipinski definition) is 2. The van der Waals surface area contributed by atoms with Crippen molar-refractivity contribution in [2.45, 2.75) is 13.3 Å². The quantitative estimate of drug-likeness (QED) is 0.253. The Kier molecular flexibility index (Phi) is 6.82. The molecule has 4 nitrogen and oxygen atoms in total. The van der Waals surface area contributed by atoms with Gasteiger partial charge in [0, 0.05) is 13.6 Å². The molecule has 0 aliphatic carbocycles. The van der Waals surface area contributed by atoms with Crippen molar-refractivity contribution < 1.29 is 0 Å². The number of hydrogen-bond donors (Lipinski definition) is 4. The van der Waals surface area contributed by atoms with Crippen LogP contribution in [0, 0.1) is 5.41 Å². The van der Waals surface area contributed by atoms with Crippen LogP contribution in [0.15, 0.2) is 0 Å². The summed E-state index contributed by atoms with van der Waals surface area (Å²) in [5.41, 5.74) is 0. The Morgan fingerprint density at radius 1 is 1.36 bits per heavy atom. The van der Waals surface area contributed by atoms with E-state index >= 15 is 0 Å². The van der Waals surface area contributed by atoms with E-state index < -0.39 is 0 Å². The maximum atomic E-state index is 7.18. The van der Waals surface area contributed by atoms with Gasteiger partial charge in [-0.1, -0.05) is 6.92 Å². The van der Waals surface area contributed by atoms with Crippen molar-refractivity contribution in [3.63, 3.8) is 0 Å². The highest BCUT2D eigenvalue weighted by Crippen LogP contribution is 1.71. The molecule has 0 aromatic heterocycles. The molecule has 0 saturated carbocycles. The Hall–Kier alpha value is -0.770. The third kappa shape index (κ3) is 7.12.